The molecule has 1 heterocycles. The molecule has 1 aromatic heterocycles. The minimum Gasteiger partial charge on any atom is -0.306 e. The zero-order chi connectivity index (χ0) is 12.4. The van der Waals surface area contributed by atoms with Crippen molar-refractivity contribution < 1.29 is 4.79 Å². The molecule has 0 saturated heterocycles. The molecule has 86 valence electrons. The van der Waals surface area contributed by atoms with Crippen molar-refractivity contribution in [3.63, 3.8) is 0 Å². The molecular formula is C12H11N3O2. The smallest absolute Gasteiger partial charge is 0.306 e. The third kappa shape index (κ3) is 1.97. The highest BCUT2D eigenvalue weighted by Gasteiger charge is 2.17. The lowest BCUT2D eigenvalue weighted by atomic mass is 9.96. The van der Waals surface area contributed by atoms with Crippen LogP contribution in [0, 0.1) is 17.2 Å². The van der Waals surface area contributed by atoms with Crippen LogP contribution in [0.5, 0.6) is 0 Å². The molecule has 0 saturated carbocycles. The molecule has 2 aromatic rings. The zero-order valence-corrected chi connectivity index (χ0v) is 9.28. The normalized spacial score (nSPS) is 12.2. The van der Waals surface area contributed by atoms with Gasteiger partial charge in [0, 0.05) is 5.56 Å². The van der Waals surface area contributed by atoms with Crippen molar-refractivity contribution in [1.82, 2.24) is 9.97 Å². The van der Waals surface area contributed by atoms with Crippen molar-refractivity contribution in [1.29, 1.82) is 5.26 Å². The number of carbonyl (C=O) groups excluding carboxylic acids is 1. The van der Waals surface area contributed by atoms with Crippen molar-refractivity contribution >= 4 is 16.8 Å². The van der Waals surface area contributed by atoms with Gasteiger partial charge < -0.3 is 9.97 Å². The number of nitriles is 1. The Morgan fingerprint density at radius 1 is 1.41 bits per heavy atom. The second-order valence-electron chi connectivity index (χ2n) is 3.79. The molecule has 17 heavy (non-hydrogen) atoms. The Labute approximate surface area is 97.1 Å². The first kappa shape index (κ1) is 11.1. The standard InChI is InChI=1S/C12H11N3O2/c1-2-7(6-13)11(16)8-3-4-9-10(5-8)15-12(17)14-9/h3-5,7H,2H2,1H3,(H2,14,15,17). The van der Waals surface area contributed by atoms with Crippen LogP contribution in [0.4, 0.5) is 0 Å². The van der Waals surface area contributed by atoms with E-state index in [1.807, 2.05) is 6.07 Å². The summed E-state index contributed by atoms with van der Waals surface area (Å²) in [6, 6.07) is 6.84. The molecule has 0 aliphatic heterocycles. The molecule has 5 heteroatoms. The lowest BCUT2D eigenvalue weighted by molar-refractivity contribution is 0.0947. The number of hydrogen-bond acceptors (Lipinski definition) is 3. The van der Waals surface area contributed by atoms with Crippen LogP contribution in [0.1, 0.15) is 23.7 Å². The van der Waals surface area contributed by atoms with Gasteiger partial charge in [0.25, 0.3) is 0 Å². The fourth-order valence-corrected chi connectivity index (χ4v) is 1.72. The van der Waals surface area contributed by atoms with E-state index in [2.05, 4.69) is 9.97 Å². The van der Waals surface area contributed by atoms with Gasteiger partial charge in [0.1, 0.15) is 5.92 Å². The number of nitrogens with one attached hydrogen (secondary N) is 2. The van der Waals surface area contributed by atoms with E-state index in [1.165, 1.54) is 0 Å². The van der Waals surface area contributed by atoms with Gasteiger partial charge in [-0.1, -0.05) is 6.92 Å². The Kier molecular flexibility index (Phi) is 2.79. The van der Waals surface area contributed by atoms with Crippen LogP contribution in [0.2, 0.25) is 0 Å². The van der Waals surface area contributed by atoms with E-state index >= 15 is 0 Å². The summed E-state index contributed by atoms with van der Waals surface area (Å²) in [5.41, 5.74) is 1.36. The summed E-state index contributed by atoms with van der Waals surface area (Å²) in [5, 5.41) is 8.84. The predicted octanol–water partition coefficient (Wildman–Crippen LogP) is 1.59. The molecule has 0 fully saturated rings. The van der Waals surface area contributed by atoms with Gasteiger partial charge in [-0.3, -0.25) is 4.79 Å². The summed E-state index contributed by atoms with van der Waals surface area (Å²) < 4.78 is 0. The van der Waals surface area contributed by atoms with Gasteiger partial charge in [0.15, 0.2) is 5.78 Å². The molecule has 2 N–H and O–H groups in total. The van der Waals surface area contributed by atoms with E-state index in [-0.39, 0.29) is 11.5 Å². The number of carbonyl (C=O) groups is 1. The summed E-state index contributed by atoms with van der Waals surface area (Å²) in [6.45, 7) is 1.79. The van der Waals surface area contributed by atoms with Gasteiger partial charge in [-0.05, 0) is 24.6 Å². The summed E-state index contributed by atoms with van der Waals surface area (Å²) in [5.74, 6) is -0.836. The monoisotopic (exact) mass is 229 g/mol. The number of Topliss-reactive ketones (excluding diaryl/α,β-unsaturated/α-hetero) is 1. The Morgan fingerprint density at radius 2 is 2.12 bits per heavy atom. The number of rotatable bonds is 3. The van der Waals surface area contributed by atoms with Crippen molar-refractivity contribution in [3.05, 3.63) is 34.2 Å². The first-order valence-electron chi connectivity index (χ1n) is 5.31. The number of nitrogens with zero attached hydrogens (tertiary/aromatic N) is 1. The van der Waals surface area contributed by atoms with Gasteiger partial charge in [-0.15, -0.1) is 0 Å². The highest BCUT2D eigenvalue weighted by Crippen LogP contribution is 2.15. The lowest BCUT2D eigenvalue weighted by Crippen LogP contribution is -2.11. The number of aromatic amines is 2. The molecule has 5 nitrogen and oxygen atoms in total. The molecule has 0 radical (unpaired) electrons. The van der Waals surface area contributed by atoms with Crippen LogP contribution in [0.25, 0.3) is 11.0 Å². The van der Waals surface area contributed by atoms with E-state index in [0.29, 0.717) is 23.0 Å². The predicted molar refractivity (Wildman–Crippen MR) is 62.6 cm³/mol. The fourth-order valence-electron chi connectivity index (χ4n) is 1.72. The zero-order valence-electron chi connectivity index (χ0n) is 9.28. The van der Waals surface area contributed by atoms with E-state index in [4.69, 9.17) is 5.26 Å². The molecule has 0 aliphatic carbocycles. The maximum atomic E-state index is 11.9. The highest BCUT2D eigenvalue weighted by atomic mass is 16.1. The average Bonchev–Trinajstić information content (AvgIpc) is 2.69. The van der Waals surface area contributed by atoms with Crippen molar-refractivity contribution in [2.75, 3.05) is 0 Å². The molecule has 1 atom stereocenters. The molecular weight excluding hydrogens is 218 g/mol. The molecule has 0 spiro atoms. The first-order chi connectivity index (χ1) is 8.15. The third-order valence-corrected chi connectivity index (χ3v) is 2.68. The minimum absolute atomic E-state index is 0.209. The van der Waals surface area contributed by atoms with E-state index in [0.717, 1.165) is 0 Å². The Balaban J connectivity index is 2.46. The summed E-state index contributed by atoms with van der Waals surface area (Å²) in [6.07, 6.45) is 0.483. The van der Waals surface area contributed by atoms with E-state index in [1.54, 1.807) is 25.1 Å². The molecule has 0 aliphatic rings. The molecule has 1 unspecified atom stereocenters. The van der Waals surface area contributed by atoms with Crippen LogP contribution >= 0.6 is 0 Å². The lowest BCUT2D eigenvalue weighted by Gasteiger charge is -2.04. The summed E-state index contributed by atoms with van der Waals surface area (Å²) >= 11 is 0. The number of fused-ring (bicyclic) bond motifs is 1. The van der Waals surface area contributed by atoms with Gasteiger partial charge in [0.05, 0.1) is 17.1 Å². The van der Waals surface area contributed by atoms with E-state index in [9.17, 15) is 9.59 Å². The van der Waals surface area contributed by atoms with Gasteiger partial charge in [-0.2, -0.15) is 5.26 Å². The maximum Gasteiger partial charge on any atom is 0.323 e. The van der Waals surface area contributed by atoms with Crippen LogP contribution in [-0.2, 0) is 0 Å². The minimum atomic E-state index is -0.627. The second kappa shape index (κ2) is 4.26. The summed E-state index contributed by atoms with van der Waals surface area (Å²) in [4.78, 5) is 28.2. The fraction of sp³-hybridized carbons (Fsp3) is 0.250. The molecule has 0 bridgehead atoms. The third-order valence-electron chi connectivity index (χ3n) is 2.68. The van der Waals surface area contributed by atoms with Crippen LogP contribution in [-0.4, -0.2) is 15.8 Å². The van der Waals surface area contributed by atoms with Gasteiger partial charge >= 0.3 is 5.69 Å². The molecule has 1 aromatic carbocycles. The number of benzene rings is 1. The number of H-pyrrole nitrogens is 2. The Bertz CT molecular complexity index is 660. The Morgan fingerprint density at radius 3 is 2.76 bits per heavy atom. The first-order valence-corrected chi connectivity index (χ1v) is 5.31. The number of ketones is 1. The van der Waals surface area contributed by atoms with E-state index < -0.39 is 5.92 Å². The van der Waals surface area contributed by atoms with Gasteiger partial charge in [-0.25, -0.2) is 4.79 Å². The van der Waals surface area contributed by atoms with Crippen molar-refractivity contribution in [2.24, 2.45) is 5.92 Å². The van der Waals surface area contributed by atoms with Crippen LogP contribution in [0.15, 0.2) is 23.0 Å². The molecule has 2 rings (SSSR count). The topological polar surface area (TPSA) is 89.5 Å². The number of imidazole rings is 1. The second-order valence-corrected chi connectivity index (χ2v) is 3.79. The Hall–Kier alpha value is -2.35. The molecule has 0 amide bonds. The van der Waals surface area contributed by atoms with Crippen molar-refractivity contribution in [2.45, 2.75) is 13.3 Å². The number of hydrogen-bond donors (Lipinski definition) is 2. The summed E-state index contributed by atoms with van der Waals surface area (Å²) in [7, 11) is 0. The highest BCUT2D eigenvalue weighted by molar-refractivity contribution is 6.01. The van der Waals surface area contributed by atoms with Gasteiger partial charge in [0.2, 0.25) is 0 Å². The largest absolute Gasteiger partial charge is 0.323 e. The quantitative estimate of drug-likeness (QED) is 0.783. The maximum absolute atomic E-state index is 11.9. The van der Waals surface area contributed by atoms with Crippen LogP contribution < -0.4 is 5.69 Å². The average molecular weight is 229 g/mol. The van der Waals surface area contributed by atoms with Crippen LogP contribution in [0.3, 0.4) is 0 Å². The number of aromatic nitrogens is 2. The van der Waals surface area contributed by atoms with Crippen molar-refractivity contribution in [3.8, 4) is 6.07 Å². The SMILES string of the molecule is CCC(C#N)C(=O)c1ccc2[nH]c(=O)[nH]c2c1.